The zero-order valence-corrected chi connectivity index (χ0v) is 32.0. The van der Waals surface area contributed by atoms with E-state index in [9.17, 15) is 41.0 Å². The maximum atomic E-state index is 15.0. The Labute approximate surface area is 336 Å². The van der Waals surface area contributed by atoms with E-state index in [0.29, 0.717) is 38.8 Å². The Kier molecular flexibility index (Phi) is 11.8. The molecule has 6 aromatic carbocycles. The number of carbonyl (C=O) groups is 2. The van der Waals surface area contributed by atoms with Crippen LogP contribution >= 0.6 is 22.7 Å². The number of alkyl halides is 1. The van der Waals surface area contributed by atoms with Crippen LogP contribution in [0.1, 0.15) is 54.7 Å². The highest BCUT2D eigenvalue weighted by Gasteiger charge is 2.22. The third kappa shape index (κ3) is 8.39. The molecule has 58 heavy (non-hydrogen) atoms. The minimum Gasteiger partial charge on any atom is -0.478 e. The third-order valence-electron chi connectivity index (χ3n) is 9.23. The quantitative estimate of drug-likeness (QED) is 0.116. The fourth-order valence-electron chi connectivity index (χ4n) is 6.45. The average Bonchev–Trinajstić information content (AvgIpc) is 3.87. The predicted octanol–water partition coefficient (Wildman–Crippen LogP) is 13.4. The molecule has 1 N–H and O–H groups in total. The van der Waals surface area contributed by atoms with E-state index in [-0.39, 0.29) is 33.8 Å². The summed E-state index contributed by atoms with van der Waals surface area (Å²) in [5.74, 6) is -4.83. The van der Waals surface area contributed by atoms with Gasteiger partial charge in [0.25, 0.3) is 0 Å². The van der Waals surface area contributed by atoms with Gasteiger partial charge in [-0.05, 0) is 101 Å². The van der Waals surface area contributed by atoms with Crippen molar-refractivity contribution in [1.29, 1.82) is 0 Å². The molecule has 0 saturated heterocycles. The molecule has 8 rings (SSSR count). The van der Waals surface area contributed by atoms with Gasteiger partial charge in [-0.25, -0.2) is 35.9 Å². The molecule has 0 amide bonds. The van der Waals surface area contributed by atoms with Crippen LogP contribution in [0.5, 0.6) is 0 Å². The van der Waals surface area contributed by atoms with Crippen LogP contribution in [0.3, 0.4) is 0 Å². The van der Waals surface area contributed by atoms with E-state index < -0.39 is 41.4 Å². The highest BCUT2D eigenvalue weighted by atomic mass is 32.1. The molecule has 8 aromatic rings. The lowest BCUT2D eigenvalue weighted by molar-refractivity contribution is 0.0525. The van der Waals surface area contributed by atoms with Crippen molar-refractivity contribution in [2.24, 2.45) is 0 Å². The molecule has 0 radical (unpaired) electrons. The monoisotopic (exact) mass is 824 g/mol. The van der Waals surface area contributed by atoms with Gasteiger partial charge in [0.2, 0.25) is 0 Å². The lowest BCUT2D eigenvalue weighted by Crippen LogP contribution is -2.04. The second-order valence-corrected chi connectivity index (χ2v) is 15.3. The maximum Gasteiger partial charge on any atom is 0.338 e. The van der Waals surface area contributed by atoms with Crippen molar-refractivity contribution in [2.45, 2.75) is 19.5 Å². The summed E-state index contributed by atoms with van der Waals surface area (Å²) in [4.78, 5) is 24.3. The molecular weight excluding hydrogens is 795 g/mol. The lowest BCUT2D eigenvalue weighted by Gasteiger charge is -2.07. The Morgan fingerprint density at radius 1 is 0.621 bits per heavy atom. The number of ether oxygens (including phenoxy) is 1. The number of aromatic carboxylic acids is 1. The van der Waals surface area contributed by atoms with Gasteiger partial charge >= 0.3 is 11.9 Å². The summed E-state index contributed by atoms with van der Waals surface area (Å²) >= 11 is 2.42. The molecule has 0 saturated carbocycles. The molecule has 12 heteroatoms. The second-order valence-electron chi connectivity index (χ2n) is 13.0. The van der Waals surface area contributed by atoms with E-state index in [2.05, 4.69) is 0 Å². The normalized spacial score (nSPS) is 11.6. The summed E-state index contributed by atoms with van der Waals surface area (Å²) in [6.45, 7) is 2.02. The fourth-order valence-corrected chi connectivity index (χ4v) is 8.90. The van der Waals surface area contributed by atoms with Gasteiger partial charge in [-0.2, -0.15) is 0 Å². The van der Waals surface area contributed by atoms with E-state index in [0.717, 1.165) is 44.2 Å². The lowest BCUT2D eigenvalue weighted by atomic mass is 10.0. The molecule has 0 aliphatic carbocycles. The molecule has 0 bridgehead atoms. The van der Waals surface area contributed by atoms with Crippen LogP contribution in [-0.2, 0) is 11.2 Å². The molecule has 1 atom stereocenters. The van der Waals surface area contributed by atoms with E-state index in [1.54, 1.807) is 55.5 Å². The maximum absolute atomic E-state index is 15.0. The molecule has 0 aliphatic rings. The van der Waals surface area contributed by atoms with Crippen LogP contribution in [0.25, 0.3) is 42.4 Å². The number of hydrogen-bond acceptors (Lipinski definition) is 5. The largest absolute Gasteiger partial charge is 0.478 e. The van der Waals surface area contributed by atoms with Gasteiger partial charge in [-0.3, -0.25) is 0 Å². The van der Waals surface area contributed by atoms with Crippen molar-refractivity contribution in [2.75, 3.05) is 6.61 Å². The Bertz CT molecular complexity index is 2830. The highest BCUT2D eigenvalue weighted by molar-refractivity contribution is 7.20. The highest BCUT2D eigenvalue weighted by Crippen LogP contribution is 2.42. The van der Waals surface area contributed by atoms with Crippen LogP contribution in [0, 0.1) is 29.1 Å². The molecule has 0 aliphatic heterocycles. The number of esters is 1. The molecule has 2 heterocycles. The van der Waals surface area contributed by atoms with Gasteiger partial charge in [0.1, 0.15) is 17.5 Å². The number of halogens is 6. The van der Waals surface area contributed by atoms with Crippen molar-refractivity contribution in [3.05, 3.63) is 188 Å². The van der Waals surface area contributed by atoms with Crippen LogP contribution in [-0.4, -0.2) is 23.7 Å². The second kappa shape index (κ2) is 17.1. The predicted molar refractivity (Wildman–Crippen MR) is 216 cm³/mol. The summed E-state index contributed by atoms with van der Waals surface area (Å²) in [6, 6.07) is 31.6. The Morgan fingerprint density at radius 3 is 1.86 bits per heavy atom. The minimum atomic E-state index is -1.73. The van der Waals surface area contributed by atoms with Gasteiger partial charge in [0.15, 0.2) is 17.8 Å². The Morgan fingerprint density at radius 2 is 1.22 bits per heavy atom. The number of thiophene rings is 2. The minimum absolute atomic E-state index is 0.0986. The number of carboxylic acid groups (broad SMARTS) is 1. The van der Waals surface area contributed by atoms with Crippen molar-refractivity contribution in [3.63, 3.8) is 0 Å². The van der Waals surface area contributed by atoms with E-state index in [1.807, 2.05) is 6.07 Å². The first-order valence-electron chi connectivity index (χ1n) is 17.8. The fraction of sp³-hybridized carbons (Fsp3) is 0.0870. The molecular formula is C46H30F6O4S2. The van der Waals surface area contributed by atoms with Gasteiger partial charge in [-0.1, -0.05) is 60.7 Å². The van der Waals surface area contributed by atoms with Crippen molar-refractivity contribution in [3.8, 4) is 22.3 Å². The smallest absolute Gasteiger partial charge is 0.338 e. The number of carboxylic acids is 1. The summed E-state index contributed by atoms with van der Waals surface area (Å²) in [7, 11) is 0. The van der Waals surface area contributed by atoms with Crippen molar-refractivity contribution >= 4 is 54.8 Å². The van der Waals surface area contributed by atoms with E-state index >= 15 is 0 Å². The molecule has 0 spiro atoms. The first kappa shape index (κ1) is 40.0. The molecule has 2 aromatic heterocycles. The van der Waals surface area contributed by atoms with E-state index in [1.165, 1.54) is 72.0 Å². The zero-order chi connectivity index (χ0) is 41.1. The summed E-state index contributed by atoms with van der Waals surface area (Å²) in [6.07, 6.45) is -1.37. The Balaban J connectivity index is 0.000000177. The Hall–Kier alpha value is -6.24. The standard InChI is InChI=1S/C24H17F3O2S.C22H13F3O2S/c1-2-29-24(28)16-5-3-4-15(12-16)18-7-9-20(25)19-13-17(30-23(18)19)10-14-6-8-21(26)22(27)11-14;23-17-7-2-1-6-15(17)20(25)19-11-16-18(24)9-8-14(21(16)28-19)12-4-3-5-13(10-12)22(26)27/h3-9,11-13H,2,10H2,1H3;1-11,20H,(H,26,27). The summed E-state index contributed by atoms with van der Waals surface area (Å²) < 4.78 is 90.8. The van der Waals surface area contributed by atoms with Crippen LogP contribution in [0.15, 0.2) is 127 Å². The molecule has 0 fully saturated rings. The van der Waals surface area contributed by atoms with Crippen molar-refractivity contribution in [1.82, 2.24) is 0 Å². The average molecular weight is 825 g/mol. The van der Waals surface area contributed by atoms with Gasteiger partial charge < -0.3 is 9.84 Å². The number of benzene rings is 6. The van der Waals surface area contributed by atoms with Gasteiger partial charge in [-0.15, -0.1) is 22.7 Å². The first-order chi connectivity index (χ1) is 27.9. The summed E-state index contributed by atoms with van der Waals surface area (Å²) in [5, 5.41) is 9.87. The topological polar surface area (TPSA) is 63.6 Å². The number of carbonyl (C=O) groups excluding carboxylic acids is 1. The van der Waals surface area contributed by atoms with Gasteiger partial charge in [0.05, 0.1) is 17.7 Å². The van der Waals surface area contributed by atoms with Crippen LogP contribution in [0.4, 0.5) is 26.3 Å². The van der Waals surface area contributed by atoms with Gasteiger partial charge in [0, 0.05) is 41.9 Å². The first-order valence-corrected chi connectivity index (χ1v) is 19.4. The SMILES string of the molecule is CCOC(=O)c1cccc(-c2ccc(F)c3cc(Cc4ccc(F)c(F)c4)sc23)c1.O=C(O)c1cccc(-c2ccc(F)c3cc(C(F)c4ccccc4F)sc23)c1. The van der Waals surface area contributed by atoms with Crippen LogP contribution in [0.2, 0.25) is 0 Å². The summed E-state index contributed by atoms with van der Waals surface area (Å²) in [5.41, 5.74) is 3.75. The molecule has 4 nitrogen and oxygen atoms in total. The zero-order valence-electron chi connectivity index (χ0n) is 30.4. The van der Waals surface area contributed by atoms with Crippen molar-refractivity contribution < 1.29 is 45.8 Å². The number of rotatable bonds is 9. The molecule has 1 unspecified atom stereocenters. The third-order valence-corrected chi connectivity index (χ3v) is 11.6. The van der Waals surface area contributed by atoms with E-state index in [4.69, 9.17) is 4.74 Å². The number of hydrogen-bond donors (Lipinski definition) is 1. The number of fused-ring (bicyclic) bond motifs is 2. The molecule has 292 valence electrons. The van der Waals surface area contributed by atoms with Crippen LogP contribution < -0.4 is 0 Å².